The number of nitrogen functional groups attached to an aromatic ring is 1. The predicted molar refractivity (Wildman–Crippen MR) is 58.1 cm³/mol. The summed E-state index contributed by atoms with van der Waals surface area (Å²) in [7, 11) is 0. The van der Waals surface area contributed by atoms with Crippen LogP contribution in [0.15, 0.2) is 36.9 Å². The van der Waals surface area contributed by atoms with E-state index >= 15 is 0 Å². The first-order valence-electron chi connectivity index (χ1n) is 4.80. The lowest BCUT2D eigenvalue weighted by atomic mass is 10.1. The summed E-state index contributed by atoms with van der Waals surface area (Å²) < 4.78 is 0. The lowest BCUT2D eigenvalue weighted by molar-refractivity contribution is 0.835. The molecule has 1 heterocycles. The molecule has 0 radical (unpaired) electrons. The fourth-order valence-corrected chi connectivity index (χ4v) is 1.40. The number of nitrogens with two attached hydrogens (primary N) is 1. The fraction of sp³-hybridized carbons (Fsp3) is 0.182. The topological polar surface area (TPSA) is 64.7 Å². The molecule has 0 aliphatic rings. The average Bonchev–Trinajstić information content (AvgIpc) is 2.28. The summed E-state index contributed by atoms with van der Waals surface area (Å²) in [6.07, 6.45) is 4.74. The number of benzene rings is 1. The van der Waals surface area contributed by atoms with Crippen LogP contribution in [-0.4, -0.2) is 15.0 Å². The zero-order chi connectivity index (χ0) is 10.5. The molecule has 0 fully saturated rings. The number of nitrogens with zero attached hydrogens (tertiary/aromatic N) is 3. The third-order valence-electron chi connectivity index (χ3n) is 2.14. The molecule has 0 aliphatic heterocycles. The van der Waals surface area contributed by atoms with Gasteiger partial charge in [0.25, 0.3) is 0 Å². The Morgan fingerprint density at radius 3 is 2.60 bits per heavy atom. The van der Waals surface area contributed by atoms with E-state index in [-0.39, 0.29) is 0 Å². The molecule has 0 spiro atoms. The summed E-state index contributed by atoms with van der Waals surface area (Å²) in [6, 6.07) is 7.86. The lowest BCUT2D eigenvalue weighted by Gasteiger charge is -2.01. The van der Waals surface area contributed by atoms with Crippen LogP contribution in [0.2, 0.25) is 0 Å². The summed E-state index contributed by atoms with van der Waals surface area (Å²) in [5.41, 5.74) is 7.68. The minimum absolute atomic E-state index is 0.795. The predicted octanol–water partition coefficient (Wildman–Crippen LogP) is 1.24. The third-order valence-corrected chi connectivity index (χ3v) is 2.14. The van der Waals surface area contributed by atoms with Crippen molar-refractivity contribution in [3.63, 3.8) is 0 Å². The second-order valence-electron chi connectivity index (χ2n) is 3.30. The molecule has 0 saturated heterocycles. The normalized spacial score (nSPS) is 10.1. The SMILES string of the molecule is Nc1cccc(CCc2ncncn2)c1. The van der Waals surface area contributed by atoms with Crippen molar-refractivity contribution in [1.29, 1.82) is 0 Å². The molecule has 0 atom stereocenters. The van der Waals surface area contributed by atoms with E-state index in [9.17, 15) is 0 Å². The molecule has 0 saturated carbocycles. The fourth-order valence-electron chi connectivity index (χ4n) is 1.40. The van der Waals surface area contributed by atoms with Gasteiger partial charge in [-0.2, -0.15) is 0 Å². The molecule has 2 N–H and O–H groups in total. The van der Waals surface area contributed by atoms with Crippen LogP contribution in [0.4, 0.5) is 5.69 Å². The van der Waals surface area contributed by atoms with Crippen LogP contribution in [0, 0.1) is 0 Å². The van der Waals surface area contributed by atoms with E-state index in [1.165, 1.54) is 18.2 Å². The Hall–Kier alpha value is -1.97. The molecule has 1 aromatic heterocycles. The number of aromatic nitrogens is 3. The van der Waals surface area contributed by atoms with Crippen molar-refractivity contribution in [3.05, 3.63) is 48.3 Å². The number of hydrogen-bond donors (Lipinski definition) is 1. The van der Waals surface area contributed by atoms with Crippen molar-refractivity contribution >= 4 is 5.69 Å². The maximum absolute atomic E-state index is 5.69. The van der Waals surface area contributed by atoms with Crippen LogP contribution in [0.3, 0.4) is 0 Å². The molecule has 0 bridgehead atoms. The van der Waals surface area contributed by atoms with Gasteiger partial charge in [0.1, 0.15) is 18.5 Å². The summed E-state index contributed by atoms with van der Waals surface area (Å²) in [4.78, 5) is 11.9. The van der Waals surface area contributed by atoms with Gasteiger partial charge in [-0.1, -0.05) is 12.1 Å². The Labute approximate surface area is 88.2 Å². The maximum Gasteiger partial charge on any atom is 0.132 e. The van der Waals surface area contributed by atoms with Gasteiger partial charge in [-0.05, 0) is 24.1 Å². The maximum atomic E-state index is 5.69. The highest BCUT2D eigenvalue weighted by atomic mass is 15.0. The average molecular weight is 200 g/mol. The summed E-state index contributed by atoms with van der Waals surface area (Å²) in [5, 5.41) is 0. The van der Waals surface area contributed by atoms with Crippen LogP contribution >= 0.6 is 0 Å². The van der Waals surface area contributed by atoms with Gasteiger partial charge in [-0.15, -0.1) is 0 Å². The van der Waals surface area contributed by atoms with Gasteiger partial charge in [0.15, 0.2) is 0 Å². The lowest BCUT2D eigenvalue weighted by Crippen LogP contribution is -1.98. The highest BCUT2D eigenvalue weighted by Crippen LogP contribution is 2.08. The van der Waals surface area contributed by atoms with Crippen molar-refractivity contribution in [2.45, 2.75) is 12.8 Å². The molecular formula is C11H12N4. The first-order chi connectivity index (χ1) is 7.34. The number of aryl methyl sites for hydroxylation is 2. The highest BCUT2D eigenvalue weighted by Gasteiger charge is 1.97. The minimum atomic E-state index is 0.795. The van der Waals surface area contributed by atoms with E-state index in [2.05, 4.69) is 21.0 Å². The second-order valence-corrected chi connectivity index (χ2v) is 3.30. The Morgan fingerprint density at radius 2 is 1.87 bits per heavy atom. The summed E-state index contributed by atoms with van der Waals surface area (Å²) in [5.74, 6) is 0.812. The molecule has 4 nitrogen and oxygen atoms in total. The Kier molecular flexibility index (Phi) is 2.88. The number of anilines is 1. The zero-order valence-electron chi connectivity index (χ0n) is 8.30. The van der Waals surface area contributed by atoms with Crippen LogP contribution in [0.5, 0.6) is 0 Å². The number of hydrogen-bond acceptors (Lipinski definition) is 4. The van der Waals surface area contributed by atoms with Crippen molar-refractivity contribution in [2.75, 3.05) is 5.73 Å². The van der Waals surface area contributed by atoms with Crippen LogP contribution in [-0.2, 0) is 12.8 Å². The molecule has 4 heteroatoms. The van der Waals surface area contributed by atoms with Gasteiger partial charge >= 0.3 is 0 Å². The van der Waals surface area contributed by atoms with Crippen LogP contribution in [0.1, 0.15) is 11.4 Å². The van der Waals surface area contributed by atoms with Crippen molar-refractivity contribution in [1.82, 2.24) is 15.0 Å². The largest absolute Gasteiger partial charge is 0.399 e. The van der Waals surface area contributed by atoms with E-state index < -0.39 is 0 Å². The first-order valence-corrected chi connectivity index (χ1v) is 4.80. The standard InChI is InChI=1S/C11H12N4/c12-10-3-1-2-9(6-10)4-5-11-14-7-13-8-15-11/h1-3,6-8H,4-5,12H2. The molecule has 15 heavy (non-hydrogen) atoms. The van der Waals surface area contributed by atoms with E-state index in [4.69, 9.17) is 5.73 Å². The molecule has 2 aromatic rings. The van der Waals surface area contributed by atoms with Crippen LogP contribution < -0.4 is 5.73 Å². The van der Waals surface area contributed by atoms with E-state index in [1.54, 1.807) is 0 Å². The van der Waals surface area contributed by atoms with Crippen molar-refractivity contribution in [3.8, 4) is 0 Å². The molecule has 76 valence electrons. The van der Waals surface area contributed by atoms with Gasteiger partial charge in [0.05, 0.1) is 0 Å². The van der Waals surface area contributed by atoms with E-state index in [0.717, 1.165) is 24.4 Å². The summed E-state index contributed by atoms with van der Waals surface area (Å²) >= 11 is 0. The van der Waals surface area contributed by atoms with Gasteiger partial charge in [0.2, 0.25) is 0 Å². The van der Waals surface area contributed by atoms with Crippen molar-refractivity contribution in [2.24, 2.45) is 0 Å². The molecule has 0 unspecified atom stereocenters. The Bertz CT molecular complexity index is 428. The number of rotatable bonds is 3. The van der Waals surface area contributed by atoms with E-state index in [1.807, 2.05) is 18.2 Å². The smallest absolute Gasteiger partial charge is 0.132 e. The third kappa shape index (κ3) is 2.74. The van der Waals surface area contributed by atoms with Crippen LogP contribution in [0.25, 0.3) is 0 Å². The minimum Gasteiger partial charge on any atom is -0.399 e. The quantitative estimate of drug-likeness (QED) is 0.757. The highest BCUT2D eigenvalue weighted by molar-refractivity contribution is 5.40. The van der Waals surface area contributed by atoms with E-state index in [0.29, 0.717) is 0 Å². The van der Waals surface area contributed by atoms with Gasteiger partial charge in [0, 0.05) is 12.1 Å². The Balaban J connectivity index is 1.99. The summed E-state index contributed by atoms with van der Waals surface area (Å²) in [6.45, 7) is 0. The zero-order valence-corrected chi connectivity index (χ0v) is 8.30. The van der Waals surface area contributed by atoms with Gasteiger partial charge < -0.3 is 5.73 Å². The molecule has 0 aliphatic carbocycles. The molecule has 2 rings (SSSR count). The molecular weight excluding hydrogens is 188 g/mol. The monoisotopic (exact) mass is 200 g/mol. The van der Waals surface area contributed by atoms with Gasteiger partial charge in [-0.25, -0.2) is 15.0 Å². The van der Waals surface area contributed by atoms with Crippen molar-refractivity contribution < 1.29 is 0 Å². The molecule has 1 aromatic carbocycles. The molecule has 0 amide bonds. The Morgan fingerprint density at radius 1 is 1.07 bits per heavy atom. The first kappa shape index (κ1) is 9.58. The van der Waals surface area contributed by atoms with Gasteiger partial charge in [-0.3, -0.25) is 0 Å². The second kappa shape index (κ2) is 4.50.